The number of carbonyl (C=O) groups is 2. The first-order valence-corrected chi connectivity index (χ1v) is 8.22. The Hall–Kier alpha value is -2.25. The van der Waals surface area contributed by atoms with Crippen molar-refractivity contribution in [3.8, 4) is 0 Å². The quantitative estimate of drug-likeness (QED) is 0.834. The van der Waals surface area contributed by atoms with Gasteiger partial charge in [0.05, 0.1) is 17.0 Å². The first-order valence-electron chi connectivity index (χ1n) is 8.22. The van der Waals surface area contributed by atoms with Crippen LogP contribution in [0.2, 0.25) is 0 Å². The first-order chi connectivity index (χ1) is 11.7. The van der Waals surface area contributed by atoms with Crippen molar-refractivity contribution in [2.45, 2.75) is 25.2 Å². The van der Waals surface area contributed by atoms with Crippen LogP contribution < -0.4 is 5.32 Å². The number of fused-ring (bicyclic) bond motifs is 1. The van der Waals surface area contributed by atoms with Crippen molar-refractivity contribution in [3.63, 3.8) is 0 Å². The molecule has 1 N–H and O–H groups in total. The predicted molar refractivity (Wildman–Crippen MR) is 91.9 cm³/mol. The monoisotopic (exact) mass is 362 g/mol. The highest BCUT2D eigenvalue weighted by Gasteiger charge is 2.35. The van der Waals surface area contributed by atoms with Crippen LogP contribution in [0, 0.1) is 0 Å². The molecule has 2 aliphatic heterocycles. The fraction of sp³-hybridized carbons (Fsp3) is 0.412. The van der Waals surface area contributed by atoms with Crippen LogP contribution in [0.15, 0.2) is 28.8 Å². The molecule has 0 bridgehead atoms. The lowest BCUT2D eigenvalue weighted by atomic mass is 10.00. The minimum absolute atomic E-state index is 0. The topological polar surface area (TPSA) is 88.3 Å². The lowest BCUT2D eigenvalue weighted by Gasteiger charge is -2.18. The highest BCUT2D eigenvalue weighted by atomic mass is 35.5. The second kappa shape index (κ2) is 7.33. The van der Waals surface area contributed by atoms with E-state index in [1.807, 2.05) is 0 Å². The van der Waals surface area contributed by atoms with Gasteiger partial charge >= 0.3 is 0 Å². The van der Waals surface area contributed by atoms with Gasteiger partial charge in [-0.25, -0.2) is 0 Å². The molecule has 8 heteroatoms. The molecule has 132 valence electrons. The van der Waals surface area contributed by atoms with Crippen molar-refractivity contribution < 1.29 is 14.1 Å². The van der Waals surface area contributed by atoms with Gasteiger partial charge in [-0.1, -0.05) is 17.3 Å². The van der Waals surface area contributed by atoms with Crippen molar-refractivity contribution >= 4 is 24.2 Å². The Kier molecular flexibility index (Phi) is 5.15. The van der Waals surface area contributed by atoms with Gasteiger partial charge in [-0.15, -0.1) is 12.4 Å². The standard InChI is InChI=1S/C17H18N4O3.ClH/c22-16-12-5-1-2-6-13(12)17(23)21(16)9-7-14-19-15(24-20-14)11-4-3-8-18-10-11;/h1-2,5-6,11,18H,3-4,7-10H2;1H. The number of hydrogen-bond acceptors (Lipinski definition) is 6. The molecule has 0 aliphatic carbocycles. The van der Waals surface area contributed by atoms with Crippen molar-refractivity contribution in [2.75, 3.05) is 19.6 Å². The van der Waals surface area contributed by atoms with Crippen LogP contribution in [0.3, 0.4) is 0 Å². The molecule has 2 aromatic rings. The summed E-state index contributed by atoms with van der Waals surface area (Å²) in [7, 11) is 0. The van der Waals surface area contributed by atoms with Gasteiger partial charge in [0.25, 0.3) is 11.8 Å². The summed E-state index contributed by atoms with van der Waals surface area (Å²) in [6.45, 7) is 2.13. The number of carbonyl (C=O) groups excluding carboxylic acids is 2. The third kappa shape index (κ3) is 3.29. The van der Waals surface area contributed by atoms with E-state index >= 15 is 0 Å². The van der Waals surface area contributed by atoms with Gasteiger partial charge in [-0.05, 0) is 31.5 Å². The Balaban J connectivity index is 0.00000182. The maximum Gasteiger partial charge on any atom is 0.261 e. The molecule has 3 heterocycles. The van der Waals surface area contributed by atoms with Crippen LogP contribution in [0.4, 0.5) is 0 Å². The lowest BCUT2D eigenvalue weighted by molar-refractivity contribution is 0.0655. The number of aromatic nitrogens is 2. The normalized spacial score (nSPS) is 19.7. The first kappa shape index (κ1) is 17.6. The molecular formula is C17H19ClN4O3. The second-order valence-electron chi connectivity index (χ2n) is 6.15. The number of nitrogens with zero attached hydrogens (tertiary/aromatic N) is 3. The molecule has 2 aliphatic rings. The number of imide groups is 1. The molecule has 25 heavy (non-hydrogen) atoms. The molecule has 1 aromatic heterocycles. The van der Waals surface area contributed by atoms with E-state index in [2.05, 4.69) is 15.5 Å². The van der Waals surface area contributed by atoms with Gasteiger partial charge in [0.1, 0.15) is 0 Å². The van der Waals surface area contributed by atoms with Gasteiger partial charge in [0, 0.05) is 19.5 Å². The smallest absolute Gasteiger partial charge is 0.261 e. The highest BCUT2D eigenvalue weighted by Crippen LogP contribution is 2.23. The summed E-state index contributed by atoms with van der Waals surface area (Å²) in [5, 5.41) is 7.30. The Morgan fingerprint density at radius 2 is 1.92 bits per heavy atom. The van der Waals surface area contributed by atoms with Gasteiger partial charge in [-0.2, -0.15) is 4.98 Å². The molecule has 7 nitrogen and oxygen atoms in total. The number of nitrogens with one attached hydrogen (secondary N) is 1. The lowest BCUT2D eigenvalue weighted by Crippen LogP contribution is -2.32. The van der Waals surface area contributed by atoms with Crippen LogP contribution >= 0.6 is 12.4 Å². The molecule has 4 rings (SSSR count). The van der Waals surface area contributed by atoms with Crippen LogP contribution in [-0.2, 0) is 6.42 Å². The minimum Gasteiger partial charge on any atom is -0.339 e. The van der Waals surface area contributed by atoms with Gasteiger partial charge < -0.3 is 9.84 Å². The molecule has 0 spiro atoms. The number of halogens is 1. The van der Waals surface area contributed by atoms with Crippen LogP contribution in [0.25, 0.3) is 0 Å². The van der Waals surface area contributed by atoms with E-state index < -0.39 is 0 Å². The zero-order valence-electron chi connectivity index (χ0n) is 13.6. The molecule has 1 atom stereocenters. The average Bonchev–Trinajstić information content (AvgIpc) is 3.19. The summed E-state index contributed by atoms with van der Waals surface area (Å²) in [6.07, 6.45) is 2.53. The highest BCUT2D eigenvalue weighted by molar-refractivity contribution is 6.21. The maximum atomic E-state index is 12.3. The Morgan fingerprint density at radius 3 is 2.56 bits per heavy atom. The van der Waals surface area contributed by atoms with E-state index in [1.54, 1.807) is 24.3 Å². The largest absolute Gasteiger partial charge is 0.339 e. The molecular weight excluding hydrogens is 344 g/mol. The van der Waals surface area contributed by atoms with E-state index in [0.717, 1.165) is 25.9 Å². The van der Waals surface area contributed by atoms with Crippen molar-refractivity contribution in [2.24, 2.45) is 0 Å². The van der Waals surface area contributed by atoms with Crippen LogP contribution in [0.5, 0.6) is 0 Å². The molecule has 0 radical (unpaired) electrons. The molecule has 1 unspecified atom stereocenters. The Bertz CT molecular complexity index is 751. The summed E-state index contributed by atoms with van der Waals surface area (Å²) in [6, 6.07) is 6.88. The van der Waals surface area contributed by atoms with Gasteiger partial charge in [0.15, 0.2) is 5.82 Å². The van der Waals surface area contributed by atoms with Crippen molar-refractivity contribution in [1.82, 2.24) is 20.4 Å². The van der Waals surface area contributed by atoms with Crippen molar-refractivity contribution in [1.29, 1.82) is 0 Å². The summed E-state index contributed by atoms with van der Waals surface area (Å²) in [5.41, 5.74) is 0.925. The number of benzene rings is 1. The number of rotatable bonds is 4. The Morgan fingerprint density at radius 1 is 1.20 bits per heavy atom. The zero-order valence-corrected chi connectivity index (χ0v) is 14.4. The fourth-order valence-corrected chi connectivity index (χ4v) is 3.25. The molecule has 1 fully saturated rings. The van der Waals surface area contributed by atoms with E-state index in [4.69, 9.17) is 4.52 Å². The second-order valence-corrected chi connectivity index (χ2v) is 6.15. The van der Waals surface area contributed by atoms with E-state index in [1.165, 1.54) is 4.90 Å². The molecule has 1 aromatic carbocycles. The summed E-state index contributed by atoms with van der Waals surface area (Å²) in [5.74, 6) is 0.914. The van der Waals surface area contributed by atoms with E-state index in [-0.39, 0.29) is 36.7 Å². The molecule has 0 saturated carbocycles. The zero-order chi connectivity index (χ0) is 16.5. The predicted octanol–water partition coefficient (Wildman–Crippen LogP) is 1.80. The summed E-state index contributed by atoms with van der Waals surface area (Å²) >= 11 is 0. The molecule has 2 amide bonds. The third-order valence-electron chi connectivity index (χ3n) is 4.57. The van der Waals surface area contributed by atoms with E-state index in [9.17, 15) is 9.59 Å². The summed E-state index contributed by atoms with van der Waals surface area (Å²) in [4.78, 5) is 30.3. The van der Waals surface area contributed by atoms with Crippen molar-refractivity contribution in [3.05, 3.63) is 47.1 Å². The maximum absolute atomic E-state index is 12.3. The third-order valence-corrected chi connectivity index (χ3v) is 4.57. The van der Waals surface area contributed by atoms with Gasteiger partial charge in [-0.3, -0.25) is 14.5 Å². The molecule has 1 saturated heterocycles. The minimum atomic E-state index is -0.254. The Labute approximate surface area is 151 Å². The number of piperidine rings is 1. The average molecular weight is 363 g/mol. The summed E-state index contributed by atoms with van der Waals surface area (Å²) < 4.78 is 5.35. The fourth-order valence-electron chi connectivity index (χ4n) is 3.25. The SMILES string of the molecule is Cl.O=C1c2ccccc2C(=O)N1CCc1noc(C2CCCNC2)n1. The number of hydrogen-bond donors (Lipinski definition) is 1. The van der Waals surface area contributed by atoms with E-state index in [0.29, 0.717) is 29.3 Å². The van der Waals surface area contributed by atoms with Crippen LogP contribution in [-0.4, -0.2) is 46.5 Å². The van der Waals surface area contributed by atoms with Gasteiger partial charge in [0.2, 0.25) is 5.89 Å². The number of amides is 2. The van der Waals surface area contributed by atoms with Crippen LogP contribution in [0.1, 0.15) is 51.2 Å².